The minimum absolute atomic E-state index is 0.0496. The van der Waals surface area contributed by atoms with Gasteiger partial charge in [-0.25, -0.2) is 0 Å². The van der Waals surface area contributed by atoms with E-state index >= 15 is 0 Å². The second-order valence-corrected chi connectivity index (χ2v) is 15.5. The largest absolute Gasteiger partial charge is 0.483 e. The van der Waals surface area contributed by atoms with Crippen LogP contribution in [-0.4, -0.2) is 65.3 Å². The SMILES string of the molecule is CC(=O)CN1CC[C@]23c4c5ccc(OC(C)=O)c4O[C@H]2[C@H](N(CCCc2ccccc2)C(=O)CCCCC2CCCCC2)CC[C@H]3[C@H]1C5. The highest BCUT2D eigenvalue weighted by Crippen LogP contribution is 2.64. The maximum absolute atomic E-state index is 14.4. The number of nitrogens with zero attached hydrogens (tertiary/aromatic N) is 2. The summed E-state index contributed by atoms with van der Waals surface area (Å²) in [6.07, 6.45) is 16.0. The number of unbranched alkanes of at least 4 members (excludes halogenated alkanes) is 1. The van der Waals surface area contributed by atoms with Crippen LogP contribution in [0.25, 0.3) is 0 Å². The van der Waals surface area contributed by atoms with E-state index in [1.54, 1.807) is 6.92 Å². The van der Waals surface area contributed by atoms with Gasteiger partial charge in [0.25, 0.3) is 0 Å². The molecule has 2 heterocycles. The minimum Gasteiger partial charge on any atom is -0.483 e. The number of rotatable bonds is 13. The summed E-state index contributed by atoms with van der Waals surface area (Å²) < 4.78 is 12.8. The number of hydrogen-bond acceptors (Lipinski definition) is 6. The third kappa shape index (κ3) is 6.44. The number of amides is 1. The third-order valence-corrected chi connectivity index (χ3v) is 12.5. The molecule has 5 aliphatic rings. The van der Waals surface area contributed by atoms with E-state index in [1.165, 1.54) is 62.1 Å². The predicted octanol–water partition coefficient (Wildman–Crippen LogP) is 7.21. The van der Waals surface area contributed by atoms with E-state index < -0.39 is 0 Å². The molecule has 48 heavy (non-hydrogen) atoms. The number of hydrogen-bond donors (Lipinski definition) is 0. The molecule has 1 spiro atoms. The lowest BCUT2D eigenvalue weighted by Crippen LogP contribution is -2.69. The van der Waals surface area contributed by atoms with Crippen molar-refractivity contribution in [3.8, 4) is 11.5 Å². The van der Waals surface area contributed by atoms with E-state index in [1.807, 2.05) is 6.07 Å². The van der Waals surface area contributed by atoms with Gasteiger partial charge in [-0.05, 0) is 87.4 Å². The Morgan fingerprint density at radius 1 is 0.958 bits per heavy atom. The summed E-state index contributed by atoms with van der Waals surface area (Å²) >= 11 is 0. The van der Waals surface area contributed by atoms with Crippen LogP contribution < -0.4 is 9.47 Å². The summed E-state index contributed by atoms with van der Waals surface area (Å²) in [6, 6.07) is 14.8. The van der Waals surface area contributed by atoms with Crippen LogP contribution in [0, 0.1) is 11.8 Å². The lowest BCUT2D eigenvalue weighted by molar-refractivity contribution is -0.143. The van der Waals surface area contributed by atoms with Crippen molar-refractivity contribution >= 4 is 17.7 Å². The molecule has 0 radical (unpaired) electrons. The van der Waals surface area contributed by atoms with Crippen molar-refractivity contribution in [1.29, 1.82) is 0 Å². The van der Waals surface area contributed by atoms with Crippen molar-refractivity contribution in [2.24, 2.45) is 11.8 Å². The smallest absolute Gasteiger partial charge is 0.308 e. The zero-order chi connectivity index (χ0) is 33.3. The fraction of sp³-hybridized carbons (Fsp3) is 0.634. The summed E-state index contributed by atoms with van der Waals surface area (Å²) in [5, 5.41) is 0. The van der Waals surface area contributed by atoms with Gasteiger partial charge in [-0.3, -0.25) is 19.3 Å². The van der Waals surface area contributed by atoms with Crippen molar-refractivity contribution in [1.82, 2.24) is 9.80 Å². The summed E-state index contributed by atoms with van der Waals surface area (Å²) in [4.78, 5) is 43.6. The Balaban J connectivity index is 1.17. The molecule has 7 nitrogen and oxygen atoms in total. The first-order valence-corrected chi connectivity index (χ1v) is 18.9. The predicted molar refractivity (Wildman–Crippen MR) is 186 cm³/mol. The van der Waals surface area contributed by atoms with E-state index in [4.69, 9.17) is 9.47 Å². The first-order valence-electron chi connectivity index (χ1n) is 18.9. The fourth-order valence-corrected chi connectivity index (χ4v) is 10.5. The molecule has 7 rings (SSSR count). The van der Waals surface area contributed by atoms with E-state index in [0.717, 1.165) is 63.8 Å². The molecular formula is C41H54N2O5. The molecule has 2 aromatic rings. The van der Waals surface area contributed by atoms with Gasteiger partial charge in [0, 0.05) is 36.9 Å². The van der Waals surface area contributed by atoms with Gasteiger partial charge in [-0.2, -0.15) is 0 Å². The van der Waals surface area contributed by atoms with E-state index in [-0.39, 0.29) is 41.3 Å². The zero-order valence-electron chi connectivity index (χ0n) is 29.1. The second kappa shape index (κ2) is 14.3. The van der Waals surface area contributed by atoms with Crippen molar-refractivity contribution in [2.75, 3.05) is 19.6 Å². The maximum Gasteiger partial charge on any atom is 0.308 e. The summed E-state index contributed by atoms with van der Waals surface area (Å²) in [5.41, 5.74) is 3.48. The molecule has 0 aromatic heterocycles. The van der Waals surface area contributed by atoms with Crippen molar-refractivity contribution in [2.45, 2.75) is 134 Å². The molecule has 7 heteroatoms. The standard InChI is InChI=1S/C41H54N2O5/c1-28(44)27-42-25-23-41-33-20-21-34(40(41)48-39-36(47-29(2)45)22-19-32(38(39)41)26-35(33)42)43(24-11-17-31-14-7-4-8-15-31)37(46)18-10-9-16-30-12-5-3-6-13-30/h4,7-8,14-15,19,22,30,33-35,40H,3,5-6,9-13,16-18,20-21,23-27H2,1-2H3/t33-,34+,35+,40-,41-/m0/s1. The van der Waals surface area contributed by atoms with E-state index in [2.05, 4.69) is 46.2 Å². The Morgan fingerprint density at radius 3 is 2.54 bits per heavy atom. The van der Waals surface area contributed by atoms with Gasteiger partial charge in [0.15, 0.2) is 11.5 Å². The van der Waals surface area contributed by atoms with Crippen LogP contribution in [0.5, 0.6) is 11.5 Å². The molecule has 5 atom stereocenters. The van der Waals surface area contributed by atoms with Gasteiger partial charge in [-0.15, -0.1) is 0 Å². The number of ketones is 1. The average Bonchev–Trinajstić information content (AvgIpc) is 3.43. The normalized spacial score (nSPS) is 27.5. The molecule has 2 saturated carbocycles. The molecule has 0 unspecified atom stereocenters. The minimum atomic E-state index is -0.355. The number of benzene rings is 2. The van der Waals surface area contributed by atoms with Crippen molar-refractivity contribution in [3.63, 3.8) is 0 Å². The Hall–Kier alpha value is -3.19. The fourth-order valence-electron chi connectivity index (χ4n) is 10.5. The quantitative estimate of drug-likeness (QED) is 0.129. The summed E-state index contributed by atoms with van der Waals surface area (Å²) in [5.74, 6) is 2.48. The second-order valence-electron chi connectivity index (χ2n) is 15.5. The van der Waals surface area contributed by atoms with Gasteiger partial charge in [0.1, 0.15) is 11.9 Å². The zero-order valence-corrected chi connectivity index (χ0v) is 29.1. The van der Waals surface area contributed by atoms with Crippen molar-refractivity contribution in [3.05, 3.63) is 59.2 Å². The Morgan fingerprint density at radius 2 is 1.77 bits per heavy atom. The van der Waals surface area contributed by atoms with Crippen LogP contribution in [0.15, 0.2) is 42.5 Å². The van der Waals surface area contributed by atoms with Crippen LogP contribution in [0.3, 0.4) is 0 Å². The van der Waals surface area contributed by atoms with Gasteiger partial charge in [0.05, 0.1) is 12.6 Å². The lowest BCUT2D eigenvalue weighted by atomic mass is 9.51. The molecule has 1 amide bonds. The molecule has 258 valence electrons. The third-order valence-electron chi connectivity index (χ3n) is 12.5. The highest BCUT2D eigenvalue weighted by Gasteiger charge is 2.66. The molecule has 1 saturated heterocycles. The highest BCUT2D eigenvalue weighted by atomic mass is 16.6. The summed E-state index contributed by atoms with van der Waals surface area (Å²) in [6.45, 7) is 5.15. The first-order chi connectivity index (χ1) is 23.3. The number of likely N-dealkylation sites (tertiary alicyclic amines) is 1. The number of piperidine rings is 1. The van der Waals surface area contributed by atoms with Crippen LogP contribution in [-0.2, 0) is 32.6 Å². The molecule has 2 aromatic carbocycles. The number of aryl methyl sites for hydroxylation is 1. The van der Waals surface area contributed by atoms with Gasteiger partial charge in [-0.1, -0.05) is 81.3 Å². The topological polar surface area (TPSA) is 76.2 Å². The average molecular weight is 655 g/mol. The number of esters is 1. The van der Waals surface area contributed by atoms with E-state index in [9.17, 15) is 14.4 Å². The Bertz CT molecular complexity index is 1490. The Kier molecular flexibility index (Phi) is 9.96. The number of Topliss-reactive ketones (excluding diaryl/α,β-unsaturated/α-hetero) is 1. The van der Waals surface area contributed by atoms with Crippen molar-refractivity contribution < 1.29 is 23.9 Å². The molecule has 3 aliphatic carbocycles. The highest BCUT2D eigenvalue weighted by molar-refractivity contribution is 5.78. The van der Waals surface area contributed by atoms with Crippen LogP contribution in [0.4, 0.5) is 0 Å². The molecule has 0 N–H and O–H groups in total. The molecule has 3 fully saturated rings. The molecule has 2 bridgehead atoms. The van der Waals surface area contributed by atoms with Crippen LogP contribution >= 0.6 is 0 Å². The van der Waals surface area contributed by atoms with Crippen LogP contribution in [0.2, 0.25) is 0 Å². The lowest BCUT2D eigenvalue weighted by Gasteiger charge is -2.60. The molecule has 2 aliphatic heterocycles. The summed E-state index contributed by atoms with van der Waals surface area (Å²) in [7, 11) is 0. The van der Waals surface area contributed by atoms with Gasteiger partial charge < -0.3 is 14.4 Å². The number of carbonyl (C=O) groups is 3. The monoisotopic (exact) mass is 654 g/mol. The maximum atomic E-state index is 14.4. The first kappa shape index (κ1) is 33.3. The molecular weight excluding hydrogens is 600 g/mol. The number of carbonyl (C=O) groups excluding carboxylic acids is 3. The van der Waals surface area contributed by atoms with E-state index in [0.29, 0.717) is 36.9 Å². The Labute approximate surface area is 286 Å². The van der Waals surface area contributed by atoms with Gasteiger partial charge >= 0.3 is 5.97 Å². The number of ether oxygens (including phenoxy) is 2. The van der Waals surface area contributed by atoms with Crippen LogP contribution in [0.1, 0.15) is 114 Å². The van der Waals surface area contributed by atoms with Gasteiger partial charge in [0.2, 0.25) is 5.91 Å².